The van der Waals surface area contributed by atoms with E-state index >= 15 is 0 Å². The average Bonchev–Trinajstić information content (AvgIpc) is 3.34. The molecule has 1 fully saturated rings. The lowest BCUT2D eigenvalue weighted by Crippen LogP contribution is -2.45. The molecule has 1 atom stereocenters. The number of carbonyl (C=O) groups excluding carboxylic acids is 1. The van der Waals surface area contributed by atoms with Crippen LogP contribution in [0.15, 0.2) is 42.7 Å². The maximum atomic E-state index is 12.9. The van der Waals surface area contributed by atoms with Crippen LogP contribution in [-0.2, 0) is 32.0 Å². The van der Waals surface area contributed by atoms with Crippen molar-refractivity contribution in [2.45, 2.75) is 84.2 Å². The van der Waals surface area contributed by atoms with E-state index in [2.05, 4.69) is 17.1 Å². The van der Waals surface area contributed by atoms with Gasteiger partial charge in [-0.3, -0.25) is 4.79 Å². The second-order valence-electron chi connectivity index (χ2n) is 12.4. The largest absolute Gasteiger partial charge is 0.495 e. The number of rotatable bonds is 3. The van der Waals surface area contributed by atoms with E-state index in [0.717, 1.165) is 5.56 Å². The number of nitrogens with one attached hydrogen (secondary N) is 1. The maximum absolute atomic E-state index is 12.9. The number of para-hydroxylation sites is 1. The minimum absolute atomic E-state index is 0.159. The van der Waals surface area contributed by atoms with Gasteiger partial charge in [0.25, 0.3) is 0 Å². The highest BCUT2D eigenvalue weighted by atomic mass is 16.5. The first-order chi connectivity index (χ1) is 20.4. The Morgan fingerprint density at radius 1 is 1.21 bits per heavy atom. The number of ether oxygens (including phenoxy) is 3. The van der Waals surface area contributed by atoms with Crippen LogP contribution in [0.5, 0.6) is 5.75 Å². The summed E-state index contributed by atoms with van der Waals surface area (Å²) in [4.78, 5) is 32.5. The minimum atomic E-state index is -1.25. The van der Waals surface area contributed by atoms with Crippen molar-refractivity contribution in [1.29, 1.82) is 0 Å². The Morgan fingerprint density at radius 2 is 1.95 bits per heavy atom. The normalized spacial score (nSPS) is 18.4. The highest BCUT2D eigenvalue weighted by Gasteiger charge is 2.38. The third kappa shape index (κ3) is 7.10. The van der Waals surface area contributed by atoms with Crippen molar-refractivity contribution in [2.75, 3.05) is 24.6 Å². The van der Waals surface area contributed by atoms with Crippen LogP contribution in [-0.4, -0.2) is 62.5 Å². The number of anilines is 1. The van der Waals surface area contributed by atoms with Gasteiger partial charge >= 0.3 is 5.97 Å². The predicted molar refractivity (Wildman–Crippen MR) is 161 cm³/mol. The van der Waals surface area contributed by atoms with Gasteiger partial charge in [0.2, 0.25) is 5.91 Å². The van der Waals surface area contributed by atoms with Crippen molar-refractivity contribution in [2.24, 2.45) is 0 Å². The zero-order chi connectivity index (χ0) is 30.8. The zero-order valence-electron chi connectivity index (χ0n) is 25.6. The number of piperidine rings is 1. The molecule has 2 aromatic heterocycles. The summed E-state index contributed by atoms with van der Waals surface area (Å²) in [5, 5.41) is 18.1. The Morgan fingerprint density at radius 3 is 2.67 bits per heavy atom. The van der Waals surface area contributed by atoms with Crippen LogP contribution in [0.2, 0.25) is 0 Å². The van der Waals surface area contributed by atoms with Gasteiger partial charge in [-0.1, -0.05) is 18.2 Å². The van der Waals surface area contributed by atoms with Crippen molar-refractivity contribution in [1.82, 2.24) is 19.9 Å². The Bertz CT molecular complexity index is 1520. The van der Waals surface area contributed by atoms with Gasteiger partial charge in [0.1, 0.15) is 17.2 Å². The van der Waals surface area contributed by atoms with Gasteiger partial charge in [-0.15, -0.1) is 0 Å². The topological polar surface area (TPSA) is 128 Å². The van der Waals surface area contributed by atoms with Crippen LogP contribution in [0.4, 0.5) is 5.82 Å². The molecule has 4 bridgehead atoms. The summed E-state index contributed by atoms with van der Waals surface area (Å²) in [5.74, 6) is 0.0484. The van der Waals surface area contributed by atoms with Crippen LogP contribution < -0.4 is 15.0 Å². The minimum Gasteiger partial charge on any atom is -0.495 e. The first-order valence-corrected chi connectivity index (χ1v) is 14.8. The lowest BCUT2D eigenvalue weighted by molar-refractivity contribution is -0.160. The van der Waals surface area contributed by atoms with Gasteiger partial charge in [-0.2, -0.15) is 9.61 Å². The molecule has 11 heteroatoms. The number of carboxylic acid groups (broad SMARTS) is 1. The lowest BCUT2D eigenvalue weighted by Gasteiger charge is -2.41. The van der Waals surface area contributed by atoms with Gasteiger partial charge in [0, 0.05) is 49.7 Å². The molecule has 3 aliphatic heterocycles. The molecule has 3 aliphatic rings. The molecule has 11 nitrogen and oxygen atoms in total. The van der Waals surface area contributed by atoms with Gasteiger partial charge in [0.15, 0.2) is 11.8 Å². The van der Waals surface area contributed by atoms with Gasteiger partial charge in [-0.25, -0.2) is 9.78 Å². The highest BCUT2D eigenvalue weighted by Crippen LogP contribution is 2.37. The van der Waals surface area contributed by atoms with E-state index < -0.39 is 17.7 Å². The number of hydrogen-bond donors (Lipinski definition) is 2. The number of aryl methyl sites for hydroxylation is 1. The van der Waals surface area contributed by atoms with Gasteiger partial charge in [-0.05, 0) is 46.8 Å². The third-order valence-electron chi connectivity index (χ3n) is 7.71. The van der Waals surface area contributed by atoms with E-state index in [0.29, 0.717) is 73.1 Å². The SMILES string of the molecule is Cc1nc2cc3nn2c(c1[C@H](OC(C)(C)C)C(=O)O)N1CCC(C)(CC1)OC=CCCOc1ccccc1CC(=O)NC3. The number of carbonyl (C=O) groups is 2. The number of amides is 1. The van der Waals surface area contributed by atoms with Crippen LogP contribution in [0.3, 0.4) is 0 Å². The molecular weight excluding hydrogens is 550 g/mol. The number of fused-ring (bicyclic) bond motifs is 9. The number of aliphatic carboxylic acids is 1. The second-order valence-corrected chi connectivity index (χ2v) is 12.4. The van der Waals surface area contributed by atoms with Gasteiger partial charge < -0.3 is 29.5 Å². The van der Waals surface area contributed by atoms with Crippen molar-refractivity contribution < 1.29 is 28.9 Å². The van der Waals surface area contributed by atoms with Gasteiger partial charge in [0.05, 0.1) is 42.7 Å². The van der Waals surface area contributed by atoms with E-state index in [1.165, 1.54) is 0 Å². The fourth-order valence-electron chi connectivity index (χ4n) is 5.49. The van der Waals surface area contributed by atoms with Crippen molar-refractivity contribution in [3.63, 3.8) is 0 Å². The number of benzene rings is 1. The molecule has 0 radical (unpaired) electrons. The summed E-state index contributed by atoms with van der Waals surface area (Å²) in [6.45, 7) is 11.3. The molecule has 230 valence electrons. The van der Waals surface area contributed by atoms with E-state index in [-0.39, 0.29) is 24.5 Å². The summed E-state index contributed by atoms with van der Waals surface area (Å²) >= 11 is 0. The Hall–Kier alpha value is -4.12. The molecule has 1 amide bonds. The quantitative estimate of drug-likeness (QED) is 0.452. The summed E-state index contributed by atoms with van der Waals surface area (Å²) in [5.41, 5.74) is 1.90. The van der Waals surface area contributed by atoms with E-state index in [4.69, 9.17) is 24.3 Å². The molecule has 43 heavy (non-hydrogen) atoms. The maximum Gasteiger partial charge on any atom is 0.337 e. The Balaban J connectivity index is 1.57. The molecule has 3 aromatic rings. The summed E-state index contributed by atoms with van der Waals surface area (Å²) in [6.07, 6.45) is 4.69. The lowest BCUT2D eigenvalue weighted by atomic mass is 9.92. The molecule has 0 unspecified atom stereocenters. The molecule has 1 aromatic carbocycles. The van der Waals surface area contributed by atoms with E-state index in [9.17, 15) is 14.7 Å². The van der Waals surface area contributed by atoms with E-state index in [1.807, 2.05) is 57.2 Å². The summed E-state index contributed by atoms with van der Waals surface area (Å²) in [7, 11) is 0. The molecule has 0 spiro atoms. The zero-order valence-corrected chi connectivity index (χ0v) is 25.6. The van der Waals surface area contributed by atoms with Crippen molar-refractivity contribution >= 4 is 23.3 Å². The number of hydrogen-bond acceptors (Lipinski definition) is 8. The Kier molecular flexibility index (Phi) is 8.64. The first-order valence-electron chi connectivity index (χ1n) is 14.8. The predicted octanol–water partition coefficient (Wildman–Crippen LogP) is 4.51. The molecule has 0 aliphatic carbocycles. The molecular formula is C32H41N5O6. The number of nitrogens with zero attached hydrogens (tertiary/aromatic N) is 4. The van der Waals surface area contributed by atoms with Crippen molar-refractivity contribution in [3.8, 4) is 5.75 Å². The smallest absolute Gasteiger partial charge is 0.337 e. The molecule has 6 rings (SSSR count). The Labute approximate surface area is 251 Å². The fraction of sp³-hybridized carbons (Fsp3) is 0.500. The summed E-state index contributed by atoms with van der Waals surface area (Å²) in [6, 6.07) is 9.35. The highest BCUT2D eigenvalue weighted by molar-refractivity contribution is 5.80. The van der Waals surface area contributed by atoms with Crippen LogP contribution in [0, 0.1) is 6.92 Å². The number of aromatic nitrogens is 3. The van der Waals surface area contributed by atoms with Crippen LogP contribution in [0.25, 0.3) is 5.65 Å². The standard InChI is InChI=1S/C32H41N5O6/c1-21-27(28(30(39)40)43-31(2,3)4)29-36-14-12-32(5,13-15-36)42-17-9-8-16-41-24-11-7-6-10-22(24)18-26(38)33-20-23-19-25(34-21)37(29)35-23/h6-7,9-11,17,19,28H,8,12-16,18,20H2,1-5H3,(H,33,38)(H,39,40)/t28-/m0/s1. The van der Waals surface area contributed by atoms with Crippen LogP contribution >= 0.6 is 0 Å². The number of carboxylic acids is 1. The molecule has 5 heterocycles. The monoisotopic (exact) mass is 591 g/mol. The molecule has 1 saturated heterocycles. The molecule has 2 N–H and O–H groups in total. The first kappa shape index (κ1) is 30.3. The second kappa shape index (κ2) is 12.2. The van der Waals surface area contributed by atoms with E-state index in [1.54, 1.807) is 17.7 Å². The van der Waals surface area contributed by atoms with Crippen LogP contribution in [0.1, 0.15) is 75.6 Å². The molecule has 0 saturated carbocycles. The van der Waals surface area contributed by atoms with Crippen molar-refractivity contribution in [3.05, 3.63) is 65.2 Å². The third-order valence-corrected chi connectivity index (χ3v) is 7.71. The average molecular weight is 592 g/mol. The fourth-order valence-corrected chi connectivity index (χ4v) is 5.49. The summed E-state index contributed by atoms with van der Waals surface area (Å²) < 4.78 is 20.0.